The number of aliphatic carboxylic acids is 1. The van der Waals surface area contributed by atoms with Crippen molar-refractivity contribution in [3.05, 3.63) is 0 Å². The van der Waals surface area contributed by atoms with Crippen molar-refractivity contribution < 1.29 is 18.3 Å². The summed E-state index contributed by atoms with van der Waals surface area (Å²) in [5, 5.41) is 8.87. The van der Waals surface area contributed by atoms with Crippen LogP contribution in [0.2, 0.25) is 0 Å². The fourth-order valence-corrected chi connectivity index (χ4v) is 4.15. The Kier molecular flexibility index (Phi) is 3.70. The zero-order valence-electron chi connectivity index (χ0n) is 9.71. The van der Waals surface area contributed by atoms with Crippen LogP contribution < -0.4 is 0 Å². The van der Waals surface area contributed by atoms with Crippen LogP contribution in [0, 0.1) is 5.92 Å². The quantitative estimate of drug-likeness (QED) is 0.784. The Balaban J connectivity index is 2.03. The first-order valence-corrected chi connectivity index (χ1v) is 7.39. The van der Waals surface area contributed by atoms with E-state index < -0.39 is 22.1 Å². The molecule has 2 aliphatic rings. The minimum absolute atomic E-state index is 0.119. The lowest BCUT2D eigenvalue weighted by molar-refractivity contribution is -0.141. The Morgan fingerprint density at radius 3 is 2.24 bits per heavy atom. The zero-order valence-corrected chi connectivity index (χ0v) is 10.5. The number of carboxylic acids is 1. The van der Waals surface area contributed by atoms with E-state index in [0.717, 1.165) is 19.3 Å². The maximum absolute atomic E-state index is 12.2. The van der Waals surface area contributed by atoms with E-state index in [1.807, 2.05) is 0 Å². The molecule has 1 N–H and O–H groups in total. The molecule has 0 aromatic heterocycles. The van der Waals surface area contributed by atoms with Crippen molar-refractivity contribution in [2.24, 2.45) is 5.92 Å². The van der Waals surface area contributed by atoms with Crippen LogP contribution in [0.4, 0.5) is 0 Å². The van der Waals surface area contributed by atoms with E-state index in [9.17, 15) is 13.2 Å². The molecule has 7 heteroatoms. The molecule has 0 spiro atoms. The van der Waals surface area contributed by atoms with Gasteiger partial charge < -0.3 is 5.11 Å². The normalized spacial score (nSPS) is 28.4. The van der Waals surface area contributed by atoms with Gasteiger partial charge in [-0.1, -0.05) is 6.42 Å². The van der Waals surface area contributed by atoms with Crippen LogP contribution in [-0.2, 0) is 15.0 Å². The molecule has 6 nitrogen and oxygen atoms in total. The average Bonchev–Trinajstić information content (AvgIpc) is 2.80. The predicted octanol–water partition coefficient (Wildman–Crippen LogP) is 0.124. The fraction of sp³-hybridized carbons (Fsp3) is 0.900. The van der Waals surface area contributed by atoms with Crippen molar-refractivity contribution in [1.29, 1.82) is 0 Å². The number of hydrogen-bond donors (Lipinski definition) is 1. The van der Waals surface area contributed by atoms with E-state index in [-0.39, 0.29) is 6.54 Å². The topological polar surface area (TPSA) is 77.9 Å². The monoisotopic (exact) mass is 262 g/mol. The molecule has 98 valence electrons. The second kappa shape index (κ2) is 4.91. The van der Waals surface area contributed by atoms with Gasteiger partial charge >= 0.3 is 5.97 Å². The summed E-state index contributed by atoms with van der Waals surface area (Å²) in [6.45, 7) is 1.58. The molecule has 2 heterocycles. The minimum Gasteiger partial charge on any atom is -0.481 e. The molecule has 0 aromatic rings. The molecule has 0 radical (unpaired) electrons. The number of piperidine rings is 1. The van der Waals surface area contributed by atoms with Gasteiger partial charge in [-0.2, -0.15) is 17.0 Å². The van der Waals surface area contributed by atoms with Crippen LogP contribution in [0.15, 0.2) is 0 Å². The van der Waals surface area contributed by atoms with Crippen molar-refractivity contribution >= 4 is 16.2 Å². The predicted molar refractivity (Wildman–Crippen MR) is 61.7 cm³/mol. The molecule has 0 aromatic carbocycles. The van der Waals surface area contributed by atoms with E-state index in [2.05, 4.69) is 0 Å². The number of hydrogen-bond acceptors (Lipinski definition) is 3. The smallest absolute Gasteiger partial charge is 0.307 e. The molecule has 0 saturated carbocycles. The van der Waals surface area contributed by atoms with Gasteiger partial charge in [0.05, 0.1) is 5.92 Å². The van der Waals surface area contributed by atoms with Crippen LogP contribution in [0.25, 0.3) is 0 Å². The van der Waals surface area contributed by atoms with Gasteiger partial charge in [0.25, 0.3) is 10.2 Å². The molecule has 1 atom stereocenters. The molecule has 0 amide bonds. The number of nitrogens with zero attached hydrogens (tertiary/aromatic N) is 2. The molecule has 1 unspecified atom stereocenters. The Hall–Kier alpha value is -0.660. The third kappa shape index (κ3) is 2.61. The van der Waals surface area contributed by atoms with Crippen LogP contribution in [0.1, 0.15) is 25.7 Å². The van der Waals surface area contributed by atoms with Gasteiger partial charge in [-0.25, -0.2) is 0 Å². The van der Waals surface area contributed by atoms with Crippen LogP contribution >= 0.6 is 0 Å². The van der Waals surface area contributed by atoms with Gasteiger partial charge in [-0.15, -0.1) is 0 Å². The molecule has 2 rings (SSSR count). The second-order valence-electron chi connectivity index (χ2n) is 4.65. The first-order chi connectivity index (χ1) is 8.01. The van der Waals surface area contributed by atoms with E-state index >= 15 is 0 Å². The highest BCUT2D eigenvalue weighted by Gasteiger charge is 2.38. The van der Waals surface area contributed by atoms with Crippen molar-refractivity contribution in [3.63, 3.8) is 0 Å². The van der Waals surface area contributed by atoms with Crippen molar-refractivity contribution in [3.8, 4) is 0 Å². The molecule has 0 bridgehead atoms. The van der Waals surface area contributed by atoms with E-state index in [1.165, 1.54) is 8.61 Å². The van der Waals surface area contributed by atoms with E-state index in [1.54, 1.807) is 0 Å². The van der Waals surface area contributed by atoms with E-state index in [0.29, 0.717) is 26.1 Å². The van der Waals surface area contributed by atoms with Gasteiger partial charge in [0.15, 0.2) is 0 Å². The van der Waals surface area contributed by atoms with Gasteiger partial charge in [0.2, 0.25) is 0 Å². The van der Waals surface area contributed by atoms with Gasteiger partial charge in [0.1, 0.15) is 0 Å². The summed E-state index contributed by atoms with van der Waals surface area (Å²) in [4.78, 5) is 10.8. The molecule has 2 saturated heterocycles. The molecule has 17 heavy (non-hydrogen) atoms. The Morgan fingerprint density at radius 1 is 1.06 bits per heavy atom. The van der Waals surface area contributed by atoms with Crippen molar-refractivity contribution in [2.75, 3.05) is 26.2 Å². The van der Waals surface area contributed by atoms with E-state index in [4.69, 9.17) is 5.11 Å². The highest BCUT2D eigenvalue weighted by molar-refractivity contribution is 7.86. The molecular formula is C10H18N2O4S. The van der Waals surface area contributed by atoms with Crippen LogP contribution in [0.3, 0.4) is 0 Å². The second-order valence-corrected chi connectivity index (χ2v) is 6.58. The summed E-state index contributed by atoms with van der Waals surface area (Å²) in [6.07, 6.45) is 3.29. The summed E-state index contributed by atoms with van der Waals surface area (Å²) in [5.74, 6) is -1.45. The summed E-state index contributed by atoms with van der Waals surface area (Å²) in [5.41, 5.74) is 0. The zero-order chi connectivity index (χ0) is 12.5. The third-order valence-corrected chi connectivity index (χ3v) is 5.47. The molecule has 2 fully saturated rings. The lowest BCUT2D eigenvalue weighted by atomic mass is 10.1. The minimum atomic E-state index is -3.42. The number of carboxylic acid groups (broad SMARTS) is 1. The third-order valence-electron chi connectivity index (χ3n) is 3.47. The lowest BCUT2D eigenvalue weighted by Crippen LogP contribution is -2.45. The number of carbonyl (C=O) groups is 1. The largest absolute Gasteiger partial charge is 0.481 e. The number of rotatable bonds is 3. The molecular weight excluding hydrogens is 244 g/mol. The SMILES string of the molecule is O=C(O)C1CCN(S(=O)(=O)N2CCCCC2)C1. The van der Waals surface area contributed by atoms with Crippen molar-refractivity contribution in [2.45, 2.75) is 25.7 Å². The highest BCUT2D eigenvalue weighted by atomic mass is 32.2. The first-order valence-electron chi connectivity index (χ1n) is 6.00. The van der Waals surface area contributed by atoms with Crippen LogP contribution in [-0.4, -0.2) is 54.3 Å². The first kappa shape index (κ1) is 12.8. The van der Waals surface area contributed by atoms with Crippen LogP contribution in [0.5, 0.6) is 0 Å². The maximum Gasteiger partial charge on any atom is 0.307 e. The average molecular weight is 262 g/mol. The lowest BCUT2D eigenvalue weighted by Gasteiger charge is -2.29. The Morgan fingerprint density at radius 2 is 1.71 bits per heavy atom. The summed E-state index contributed by atoms with van der Waals surface area (Å²) in [6, 6.07) is 0. The van der Waals surface area contributed by atoms with Gasteiger partial charge in [0, 0.05) is 26.2 Å². The summed E-state index contributed by atoms with van der Waals surface area (Å²) in [7, 11) is -3.42. The standard InChI is InChI=1S/C10H18N2O4S/c13-10(14)9-4-7-12(8-9)17(15,16)11-5-2-1-3-6-11/h9H,1-8H2,(H,13,14). The highest BCUT2D eigenvalue weighted by Crippen LogP contribution is 2.23. The maximum atomic E-state index is 12.2. The van der Waals surface area contributed by atoms with Gasteiger partial charge in [-0.05, 0) is 19.3 Å². The molecule has 0 aliphatic carbocycles. The fourth-order valence-electron chi connectivity index (χ4n) is 2.40. The summed E-state index contributed by atoms with van der Waals surface area (Å²) >= 11 is 0. The van der Waals surface area contributed by atoms with Crippen molar-refractivity contribution in [1.82, 2.24) is 8.61 Å². The van der Waals surface area contributed by atoms with Gasteiger partial charge in [-0.3, -0.25) is 4.79 Å². The molecule has 2 aliphatic heterocycles. The summed E-state index contributed by atoms with van der Waals surface area (Å²) < 4.78 is 27.2. The Labute approximate surface area is 101 Å². The Bertz CT molecular complexity index is 389.